The molecule has 0 aromatic carbocycles. The summed E-state index contributed by atoms with van der Waals surface area (Å²) in [7, 11) is 0. The normalized spacial score (nSPS) is 32.4. The van der Waals surface area contributed by atoms with Crippen LogP contribution in [0.25, 0.3) is 0 Å². The van der Waals surface area contributed by atoms with E-state index in [2.05, 4.69) is 13.5 Å². The predicted molar refractivity (Wildman–Crippen MR) is 114 cm³/mol. The van der Waals surface area contributed by atoms with Gasteiger partial charge in [-0.05, 0) is 25.2 Å². The van der Waals surface area contributed by atoms with E-state index in [0.717, 1.165) is 19.3 Å². The van der Waals surface area contributed by atoms with Gasteiger partial charge in [-0.15, -0.1) is 6.58 Å². The fraction of sp³-hybridized carbons (Fsp3) is 0.783. The average Bonchev–Trinajstić information content (AvgIpc) is 3.35. The van der Waals surface area contributed by atoms with Crippen LogP contribution in [0.1, 0.15) is 52.9 Å². The molecular weight excluding hydrogens is 400 g/mol. The lowest BCUT2D eigenvalue weighted by Crippen LogP contribution is -2.59. The summed E-state index contributed by atoms with van der Waals surface area (Å²) in [5.74, 6) is -3.64. The highest BCUT2D eigenvalue weighted by atomic mass is 16.5. The van der Waals surface area contributed by atoms with Crippen molar-refractivity contribution in [3.05, 3.63) is 12.7 Å². The number of carbonyl (C=O) groups is 3. The largest absolute Gasteiger partial charge is 0.481 e. The Morgan fingerprint density at radius 1 is 1.39 bits per heavy atom. The molecule has 3 aliphatic rings. The van der Waals surface area contributed by atoms with E-state index >= 15 is 0 Å². The Balaban J connectivity index is 2.04. The van der Waals surface area contributed by atoms with Crippen molar-refractivity contribution in [2.45, 2.75) is 76.7 Å². The Morgan fingerprint density at radius 3 is 2.65 bits per heavy atom. The van der Waals surface area contributed by atoms with Crippen LogP contribution in [0.3, 0.4) is 0 Å². The zero-order valence-corrected chi connectivity index (χ0v) is 18.8. The number of aliphatic hydroxyl groups excluding tert-OH is 1. The number of aliphatic hydroxyl groups is 1. The van der Waals surface area contributed by atoms with Crippen molar-refractivity contribution in [2.75, 3.05) is 19.7 Å². The molecular formula is C23H36N2O6. The molecule has 0 saturated carbocycles. The molecule has 0 radical (unpaired) electrons. The molecule has 174 valence electrons. The number of hydrogen-bond donors (Lipinski definition) is 2. The van der Waals surface area contributed by atoms with Gasteiger partial charge in [0.1, 0.15) is 11.6 Å². The first kappa shape index (κ1) is 23.7. The highest BCUT2D eigenvalue weighted by molar-refractivity contribution is 5.98. The van der Waals surface area contributed by atoms with Gasteiger partial charge >= 0.3 is 5.97 Å². The van der Waals surface area contributed by atoms with Gasteiger partial charge in [-0.25, -0.2) is 0 Å². The van der Waals surface area contributed by atoms with E-state index < -0.39 is 41.6 Å². The molecule has 0 aromatic rings. The number of rotatable bonds is 11. The monoisotopic (exact) mass is 436 g/mol. The number of carbonyl (C=O) groups excluding carboxylic acids is 2. The Kier molecular flexibility index (Phi) is 7.11. The van der Waals surface area contributed by atoms with Gasteiger partial charge in [0.15, 0.2) is 0 Å². The molecule has 3 aliphatic heterocycles. The number of amides is 2. The van der Waals surface area contributed by atoms with Crippen LogP contribution < -0.4 is 0 Å². The molecule has 3 saturated heterocycles. The van der Waals surface area contributed by atoms with Gasteiger partial charge in [0.2, 0.25) is 11.8 Å². The van der Waals surface area contributed by atoms with Gasteiger partial charge < -0.3 is 24.7 Å². The Bertz CT molecular complexity index is 725. The van der Waals surface area contributed by atoms with Crippen LogP contribution in [-0.4, -0.2) is 81.3 Å². The van der Waals surface area contributed by atoms with E-state index in [1.807, 2.05) is 13.8 Å². The standard InChI is InChI=1S/C23H36N2O6/c1-5-7-8-12-24(11-6-2)21(28)19-23-10-9-16(31-23)17(22(29)30)18(23)20(27)25(19)15(13-26)14(3)4/h6,14-19,26H,2,5,7-13H2,1,3-4H3,(H,29,30)/t15-,16-,17+,18-,19?,23?/m0/s1. The van der Waals surface area contributed by atoms with E-state index in [4.69, 9.17) is 4.74 Å². The summed E-state index contributed by atoms with van der Waals surface area (Å²) in [6.07, 6.45) is 4.93. The van der Waals surface area contributed by atoms with E-state index in [1.165, 1.54) is 4.90 Å². The maximum Gasteiger partial charge on any atom is 0.310 e. The minimum atomic E-state index is -1.14. The number of nitrogens with zero attached hydrogens (tertiary/aromatic N) is 2. The molecule has 0 aliphatic carbocycles. The number of carboxylic acid groups (broad SMARTS) is 1. The zero-order chi connectivity index (χ0) is 22.9. The first-order chi connectivity index (χ1) is 14.7. The van der Waals surface area contributed by atoms with Crippen LogP contribution in [0.5, 0.6) is 0 Å². The van der Waals surface area contributed by atoms with Crippen LogP contribution >= 0.6 is 0 Å². The first-order valence-corrected chi connectivity index (χ1v) is 11.5. The number of likely N-dealkylation sites (tertiary alicyclic amines) is 1. The summed E-state index contributed by atoms with van der Waals surface area (Å²) in [4.78, 5) is 42.7. The van der Waals surface area contributed by atoms with Crippen molar-refractivity contribution in [3.63, 3.8) is 0 Å². The quantitative estimate of drug-likeness (QED) is 0.377. The molecule has 3 rings (SSSR count). The van der Waals surface area contributed by atoms with Gasteiger partial charge in [0, 0.05) is 13.1 Å². The first-order valence-electron chi connectivity index (χ1n) is 11.5. The fourth-order valence-electron chi connectivity index (χ4n) is 5.80. The van der Waals surface area contributed by atoms with Crippen LogP contribution in [0.15, 0.2) is 12.7 Å². The molecule has 2 N–H and O–H groups in total. The van der Waals surface area contributed by atoms with Gasteiger partial charge in [-0.2, -0.15) is 0 Å². The highest BCUT2D eigenvalue weighted by Crippen LogP contribution is 2.59. The number of hydrogen-bond acceptors (Lipinski definition) is 5. The Labute approximate surface area is 184 Å². The summed E-state index contributed by atoms with van der Waals surface area (Å²) < 4.78 is 6.22. The number of ether oxygens (including phenoxy) is 1. The topological polar surface area (TPSA) is 107 Å². The minimum absolute atomic E-state index is 0.104. The van der Waals surface area contributed by atoms with Crippen LogP contribution in [-0.2, 0) is 19.1 Å². The molecule has 2 bridgehead atoms. The van der Waals surface area contributed by atoms with Crippen LogP contribution in [0.2, 0.25) is 0 Å². The molecule has 6 atom stereocenters. The zero-order valence-electron chi connectivity index (χ0n) is 18.8. The smallest absolute Gasteiger partial charge is 0.310 e. The molecule has 31 heavy (non-hydrogen) atoms. The van der Waals surface area contributed by atoms with E-state index in [9.17, 15) is 24.6 Å². The molecule has 8 heteroatoms. The fourth-order valence-corrected chi connectivity index (χ4v) is 5.80. The lowest BCUT2D eigenvalue weighted by Gasteiger charge is -2.40. The van der Waals surface area contributed by atoms with Crippen LogP contribution in [0, 0.1) is 17.8 Å². The third kappa shape index (κ3) is 3.78. The number of fused-ring (bicyclic) bond motifs is 1. The van der Waals surface area contributed by atoms with E-state index in [-0.39, 0.29) is 24.3 Å². The summed E-state index contributed by atoms with van der Waals surface area (Å²) in [6.45, 7) is 10.2. The molecule has 0 aromatic heterocycles. The number of carboxylic acids is 1. The van der Waals surface area contributed by atoms with Crippen molar-refractivity contribution >= 4 is 17.8 Å². The summed E-state index contributed by atoms with van der Waals surface area (Å²) in [5.41, 5.74) is -1.14. The van der Waals surface area contributed by atoms with Crippen molar-refractivity contribution < 1.29 is 29.3 Å². The molecule has 2 unspecified atom stereocenters. The van der Waals surface area contributed by atoms with Gasteiger partial charge in [0.25, 0.3) is 0 Å². The van der Waals surface area contributed by atoms with Crippen molar-refractivity contribution in [1.82, 2.24) is 9.80 Å². The second-order valence-electron chi connectivity index (χ2n) is 9.41. The Hall–Kier alpha value is -1.93. The second-order valence-corrected chi connectivity index (χ2v) is 9.41. The maximum absolute atomic E-state index is 13.9. The summed E-state index contributed by atoms with van der Waals surface area (Å²) in [6, 6.07) is -1.51. The van der Waals surface area contributed by atoms with Gasteiger partial charge in [-0.3, -0.25) is 14.4 Å². The lowest BCUT2D eigenvalue weighted by atomic mass is 9.70. The second kappa shape index (κ2) is 9.28. The molecule has 1 spiro atoms. The number of aliphatic carboxylic acids is 1. The molecule has 3 heterocycles. The van der Waals surface area contributed by atoms with E-state index in [1.54, 1.807) is 11.0 Å². The maximum atomic E-state index is 13.9. The average molecular weight is 437 g/mol. The van der Waals surface area contributed by atoms with Crippen molar-refractivity contribution in [3.8, 4) is 0 Å². The predicted octanol–water partition coefficient (Wildman–Crippen LogP) is 1.67. The van der Waals surface area contributed by atoms with Gasteiger partial charge in [-0.1, -0.05) is 39.7 Å². The summed E-state index contributed by atoms with van der Waals surface area (Å²) >= 11 is 0. The molecule has 2 amide bonds. The van der Waals surface area contributed by atoms with E-state index in [0.29, 0.717) is 25.9 Å². The molecule has 3 fully saturated rings. The summed E-state index contributed by atoms with van der Waals surface area (Å²) in [5, 5.41) is 19.9. The van der Waals surface area contributed by atoms with Crippen molar-refractivity contribution in [2.24, 2.45) is 17.8 Å². The Morgan fingerprint density at radius 2 is 2.10 bits per heavy atom. The third-order valence-electron chi connectivity index (χ3n) is 7.26. The lowest BCUT2D eigenvalue weighted by molar-refractivity contribution is -0.154. The van der Waals surface area contributed by atoms with Crippen molar-refractivity contribution in [1.29, 1.82) is 0 Å². The minimum Gasteiger partial charge on any atom is -0.481 e. The van der Waals surface area contributed by atoms with Crippen LogP contribution in [0.4, 0.5) is 0 Å². The highest BCUT2D eigenvalue weighted by Gasteiger charge is 2.75. The molecule has 8 nitrogen and oxygen atoms in total. The van der Waals surface area contributed by atoms with Gasteiger partial charge in [0.05, 0.1) is 30.6 Å². The SMILES string of the molecule is C=CCN(CCCCC)C(=O)C1N([C@@H](CO)C(C)C)C(=O)[C@@H]2[C@H](C(=O)O)[C@@H]3CCC12O3. The third-order valence-corrected chi connectivity index (χ3v) is 7.26. The number of unbranched alkanes of at least 4 members (excludes halogenated alkanes) is 2.